The predicted molar refractivity (Wildman–Crippen MR) is 344 cm³/mol. The van der Waals surface area contributed by atoms with Gasteiger partial charge in [0.15, 0.2) is 6.10 Å². The van der Waals surface area contributed by atoms with Crippen LogP contribution in [0.4, 0.5) is 0 Å². The van der Waals surface area contributed by atoms with E-state index in [1.165, 1.54) is 289 Å². The van der Waals surface area contributed by atoms with Crippen LogP contribution < -0.4 is 0 Å². The predicted octanol–water partition coefficient (Wildman–Crippen LogP) is 24.6. The molecule has 1 unspecified atom stereocenters. The molecular weight excluding hydrogens is 973 g/mol. The van der Waals surface area contributed by atoms with E-state index in [1.54, 1.807) is 0 Å². The first-order valence-corrected chi connectivity index (χ1v) is 35.8. The summed E-state index contributed by atoms with van der Waals surface area (Å²) in [5.41, 5.74) is 0. The highest BCUT2D eigenvalue weighted by molar-refractivity contribution is 5.71. The van der Waals surface area contributed by atoms with Crippen molar-refractivity contribution in [3.63, 3.8) is 0 Å². The number of esters is 3. The van der Waals surface area contributed by atoms with Gasteiger partial charge in [0.2, 0.25) is 0 Å². The van der Waals surface area contributed by atoms with Gasteiger partial charge in [0, 0.05) is 19.3 Å². The number of allylic oxidation sites excluding steroid dienone is 4. The van der Waals surface area contributed by atoms with E-state index < -0.39 is 6.10 Å². The lowest BCUT2D eigenvalue weighted by atomic mass is 10.0. The number of rotatable bonds is 67. The molecule has 0 rings (SSSR count). The smallest absolute Gasteiger partial charge is 0.306 e. The first-order valence-electron chi connectivity index (χ1n) is 35.8. The summed E-state index contributed by atoms with van der Waals surface area (Å²) >= 11 is 0. The van der Waals surface area contributed by atoms with Gasteiger partial charge in [-0.05, 0) is 51.4 Å². The van der Waals surface area contributed by atoms with E-state index in [2.05, 4.69) is 45.1 Å². The maximum Gasteiger partial charge on any atom is 0.306 e. The molecule has 0 spiro atoms. The number of hydrogen-bond donors (Lipinski definition) is 0. The van der Waals surface area contributed by atoms with Gasteiger partial charge in [-0.3, -0.25) is 14.4 Å². The molecule has 0 saturated carbocycles. The second-order valence-electron chi connectivity index (χ2n) is 24.5. The molecule has 0 aliphatic heterocycles. The minimum Gasteiger partial charge on any atom is -0.462 e. The van der Waals surface area contributed by atoms with E-state index in [-0.39, 0.29) is 31.1 Å². The molecule has 0 aromatic rings. The Morgan fingerprint density at radius 3 is 0.709 bits per heavy atom. The summed E-state index contributed by atoms with van der Waals surface area (Å²) in [6.45, 7) is 6.68. The molecule has 6 heteroatoms. The fourth-order valence-electron chi connectivity index (χ4n) is 11.1. The number of hydrogen-bond acceptors (Lipinski definition) is 6. The van der Waals surface area contributed by atoms with E-state index in [1.807, 2.05) is 0 Å². The maximum atomic E-state index is 12.9. The molecule has 466 valence electrons. The minimum atomic E-state index is -0.775. The summed E-state index contributed by atoms with van der Waals surface area (Å²) in [5.74, 6) is -0.857. The topological polar surface area (TPSA) is 78.9 Å². The molecule has 0 saturated heterocycles. The molecule has 6 nitrogen and oxygen atoms in total. The Morgan fingerprint density at radius 2 is 0.456 bits per heavy atom. The Hall–Kier alpha value is -2.11. The molecule has 0 bridgehead atoms. The normalized spacial score (nSPS) is 12.1. The van der Waals surface area contributed by atoms with Crippen LogP contribution in [0.2, 0.25) is 0 Å². The first-order chi connectivity index (χ1) is 39.0. The van der Waals surface area contributed by atoms with Gasteiger partial charge >= 0.3 is 17.9 Å². The van der Waals surface area contributed by atoms with E-state index in [0.717, 1.165) is 77.0 Å². The maximum absolute atomic E-state index is 12.9. The molecule has 0 N–H and O–H groups in total. The standard InChI is InChI=1S/C73H138O6/c1-4-7-10-13-16-19-22-25-27-29-30-31-32-33-34-35-36-37-38-39-40-41-42-43-44-45-47-48-51-54-57-60-63-66-72(75)78-69-70(68-77-71(74)65-62-59-56-53-50-24-21-18-15-12-9-6-3)79-73(76)67-64-61-58-55-52-49-46-28-26-23-20-17-14-11-8-5-2/h20,23,28,46,70H,4-19,21-22,24-27,29-45,47-69H2,1-3H3/b23-20-,46-28-. The third-order valence-electron chi connectivity index (χ3n) is 16.5. The second-order valence-corrected chi connectivity index (χ2v) is 24.5. The fourth-order valence-corrected chi connectivity index (χ4v) is 11.1. The number of carbonyl (C=O) groups is 3. The summed E-state index contributed by atoms with van der Waals surface area (Å²) in [6, 6.07) is 0. The van der Waals surface area contributed by atoms with Crippen LogP contribution in [-0.4, -0.2) is 37.2 Å². The van der Waals surface area contributed by atoms with Crippen LogP contribution in [0.1, 0.15) is 406 Å². The zero-order valence-corrected chi connectivity index (χ0v) is 53.7. The van der Waals surface area contributed by atoms with Crippen molar-refractivity contribution in [3.05, 3.63) is 24.3 Å². The van der Waals surface area contributed by atoms with Crippen LogP contribution in [-0.2, 0) is 28.6 Å². The highest BCUT2D eigenvalue weighted by atomic mass is 16.6. The Balaban J connectivity index is 4.06. The third kappa shape index (κ3) is 66.6. The van der Waals surface area contributed by atoms with E-state index in [4.69, 9.17) is 14.2 Å². The number of ether oxygens (including phenoxy) is 3. The Labute approximate surface area is 493 Å². The second kappa shape index (κ2) is 68.4. The highest BCUT2D eigenvalue weighted by Crippen LogP contribution is 2.19. The highest BCUT2D eigenvalue weighted by Gasteiger charge is 2.19. The first kappa shape index (κ1) is 76.9. The largest absolute Gasteiger partial charge is 0.462 e. The molecule has 1 atom stereocenters. The summed E-state index contributed by atoms with van der Waals surface area (Å²) in [7, 11) is 0. The van der Waals surface area contributed by atoms with Gasteiger partial charge in [-0.25, -0.2) is 0 Å². The Morgan fingerprint density at radius 1 is 0.253 bits per heavy atom. The number of carbonyl (C=O) groups excluding carboxylic acids is 3. The summed E-state index contributed by atoms with van der Waals surface area (Å²) in [4.78, 5) is 38.3. The Bertz CT molecular complexity index is 1270. The van der Waals surface area contributed by atoms with Crippen LogP contribution in [0.15, 0.2) is 24.3 Å². The van der Waals surface area contributed by atoms with Crippen molar-refractivity contribution in [2.75, 3.05) is 13.2 Å². The van der Waals surface area contributed by atoms with Crippen molar-refractivity contribution in [3.8, 4) is 0 Å². The molecule has 0 aliphatic rings. The lowest BCUT2D eigenvalue weighted by Crippen LogP contribution is -2.30. The molecule has 0 aliphatic carbocycles. The molecule has 0 fully saturated rings. The van der Waals surface area contributed by atoms with Gasteiger partial charge in [-0.1, -0.05) is 360 Å². The van der Waals surface area contributed by atoms with Gasteiger partial charge in [0.1, 0.15) is 13.2 Å². The third-order valence-corrected chi connectivity index (χ3v) is 16.5. The van der Waals surface area contributed by atoms with Crippen LogP contribution in [0.3, 0.4) is 0 Å². The summed E-state index contributed by atoms with van der Waals surface area (Å²) in [5, 5.41) is 0. The van der Waals surface area contributed by atoms with Crippen molar-refractivity contribution in [2.24, 2.45) is 0 Å². The zero-order valence-electron chi connectivity index (χ0n) is 53.7. The average molecular weight is 1110 g/mol. The quantitative estimate of drug-likeness (QED) is 0.0261. The van der Waals surface area contributed by atoms with Crippen molar-refractivity contribution in [1.29, 1.82) is 0 Å². The SMILES string of the molecule is CCCCCC/C=C\C/C=C\CCCCCCCC(=O)OC(COC(=O)CCCCCCCCCCCCCC)COC(=O)CCCCCCCCCCCCCCCCCCCCCCCCCCCCCCCCCCC. The summed E-state index contributed by atoms with van der Waals surface area (Å²) in [6.07, 6.45) is 83.8. The van der Waals surface area contributed by atoms with Gasteiger partial charge in [-0.2, -0.15) is 0 Å². The van der Waals surface area contributed by atoms with E-state index >= 15 is 0 Å². The van der Waals surface area contributed by atoms with Gasteiger partial charge in [0.05, 0.1) is 0 Å². The molecule has 79 heavy (non-hydrogen) atoms. The summed E-state index contributed by atoms with van der Waals surface area (Å²) < 4.78 is 16.9. The van der Waals surface area contributed by atoms with Crippen molar-refractivity contribution < 1.29 is 28.6 Å². The zero-order chi connectivity index (χ0) is 57.1. The van der Waals surface area contributed by atoms with Crippen LogP contribution >= 0.6 is 0 Å². The Kier molecular flexibility index (Phi) is 66.6. The van der Waals surface area contributed by atoms with Crippen LogP contribution in [0.25, 0.3) is 0 Å². The molecule has 0 heterocycles. The molecule has 0 amide bonds. The van der Waals surface area contributed by atoms with E-state index in [9.17, 15) is 14.4 Å². The molecular formula is C73H138O6. The van der Waals surface area contributed by atoms with Gasteiger partial charge < -0.3 is 14.2 Å². The fraction of sp³-hybridized carbons (Fsp3) is 0.904. The van der Waals surface area contributed by atoms with Crippen LogP contribution in [0.5, 0.6) is 0 Å². The lowest BCUT2D eigenvalue weighted by Gasteiger charge is -2.18. The molecule has 0 aromatic carbocycles. The van der Waals surface area contributed by atoms with E-state index in [0.29, 0.717) is 19.3 Å². The van der Waals surface area contributed by atoms with Crippen molar-refractivity contribution in [1.82, 2.24) is 0 Å². The van der Waals surface area contributed by atoms with Crippen molar-refractivity contribution in [2.45, 2.75) is 412 Å². The molecule has 0 radical (unpaired) electrons. The molecule has 0 aromatic heterocycles. The number of unbranched alkanes of at least 4 members (excludes halogenated alkanes) is 52. The monoisotopic (exact) mass is 1110 g/mol. The van der Waals surface area contributed by atoms with Crippen LogP contribution in [0, 0.1) is 0 Å². The van der Waals surface area contributed by atoms with Crippen molar-refractivity contribution >= 4 is 17.9 Å². The minimum absolute atomic E-state index is 0.0711. The average Bonchev–Trinajstić information content (AvgIpc) is 3.45. The lowest BCUT2D eigenvalue weighted by molar-refractivity contribution is -0.167. The van der Waals surface area contributed by atoms with Gasteiger partial charge in [0.25, 0.3) is 0 Å². The van der Waals surface area contributed by atoms with Gasteiger partial charge in [-0.15, -0.1) is 0 Å².